The maximum absolute atomic E-state index is 13.1. The lowest BCUT2D eigenvalue weighted by Crippen LogP contribution is -2.19. The summed E-state index contributed by atoms with van der Waals surface area (Å²) in [6.45, 7) is 2.21. The zero-order valence-corrected chi connectivity index (χ0v) is 15.5. The fraction of sp³-hybridized carbons (Fsp3) is 0.471. The Balaban J connectivity index is 2.28. The molecule has 0 N–H and O–H groups in total. The molecule has 10 heteroatoms. The van der Waals surface area contributed by atoms with E-state index in [0.717, 1.165) is 0 Å². The zero-order valence-electron chi connectivity index (χ0n) is 14.0. The molecule has 27 heavy (non-hydrogen) atoms. The van der Waals surface area contributed by atoms with E-state index >= 15 is 0 Å². The van der Waals surface area contributed by atoms with Crippen molar-refractivity contribution >= 4 is 29.2 Å². The maximum atomic E-state index is 13.1. The van der Waals surface area contributed by atoms with E-state index in [1.165, 1.54) is 6.08 Å². The van der Waals surface area contributed by atoms with Gasteiger partial charge in [-0.15, -0.1) is 0 Å². The monoisotopic (exact) mass is 434 g/mol. The van der Waals surface area contributed by atoms with Crippen molar-refractivity contribution in [2.75, 3.05) is 0 Å². The van der Waals surface area contributed by atoms with Gasteiger partial charge in [-0.25, -0.2) is 0 Å². The molecule has 1 saturated carbocycles. The van der Waals surface area contributed by atoms with Crippen LogP contribution in [0.3, 0.4) is 0 Å². The van der Waals surface area contributed by atoms with Crippen LogP contribution >= 0.6 is 23.2 Å². The number of rotatable bonds is 4. The highest BCUT2D eigenvalue weighted by atomic mass is 35.5. The van der Waals surface area contributed by atoms with E-state index in [9.17, 15) is 31.1 Å². The first-order valence-electron chi connectivity index (χ1n) is 7.63. The van der Waals surface area contributed by atoms with Crippen LogP contribution in [0.4, 0.5) is 26.3 Å². The van der Waals surface area contributed by atoms with Crippen LogP contribution in [0.15, 0.2) is 28.8 Å². The highest BCUT2D eigenvalue weighted by molar-refractivity contribution is 6.55. The Morgan fingerprint density at radius 1 is 1.11 bits per heavy atom. The van der Waals surface area contributed by atoms with Crippen molar-refractivity contribution in [2.24, 2.45) is 17.3 Å². The zero-order chi connectivity index (χ0) is 20.8. The van der Waals surface area contributed by atoms with Crippen LogP contribution in [0.1, 0.15) is 30.5 Å². The highest BCUT2D eigenvalue weighted by Gasteiger charge is 2.61. The van der Waals surface area contributed by atoms with Crippen molar-refractivity contribution in [3.63, 3.8) is 0 Å². The fourth-order valence-electron chi connectivity index (χ4n) is 3.08. The highest BCUT2D eigenvalue weighted by Crippen LogP contribution is 2.60. The fourth-order valence-corrected chi connectivity index (χ4v) is 3.35. The molecule has 0 aromatic heterocycles. The second-order valence-electron chi connectivity index (χ2n) is 6.72. The molecule has 1 aromatic carbocycles. The molecule has 1 fully saturated rings. The molecule has 0 aliphatic heterocycles. The van der Waals surface area contributed by atoms with Gasteiger partial charge in [0.2, 0.25) is 0 Å². The molecule has 2 nitrogen and oxygen atoms in total. The van der Waals surface area contributed by atoms with Crippen molar-refractivity contribution in [1.29, 1.82) is 0 Å². The summed E-state index contributed by atoms with van der Waals surface area (Å²) in [7, 11) is 0. The average Bonchev–Trinajstić information content (AvgIpc) is 3.02. The number of benzene rings is 1. The third-order valence-electron chi connectivity index (χ3n) is 4.62. The number of hydrogen-bond acceptors (Lipinski definition) is 2. The van der Waals surface area contributed by atoms with E-state index < -0.39 is 58.9 Å². The van der Waals surface area contributed by atoms with Crippen molar-refractivity contribution < 1.29 is 35.9 Å². The normalized spacial score (nSPS) is 21.6. The SMILES string of the molecule is CC1(C)[C@H](C(=O)OCc2c(C(F)(F)F)cccc2C(F)(F)F)[C@@H]1C=C(Cl)Cl. The van der Waals surface area contributed by atoms with Gasteiger partial charge in [0.05, 0.1) is 17.0 Å². The van der Waals surface area contributed by atoms with Gasteiger partial charge in [0.25, 0.3) is 0 Å². The van der Waals surface area contributed by atoms with Crippen molar-refractivity contribution in [1.82, 2.24) is 0 Å². The summed E-state index contributed by atoms with van der Waals surface area (Å²) < 4.78 is 83.3. The van der Waals surface area contributed by atoms with Crippen LogP contribution < -0.4 is 0 Å². The van der Waals surface area contributed by atoms with Gasteiger partial charge in [0.15, 0.2) is 0 Å². The lowest BCUT2D eigenvalue weighted by atomic mass is 10.0. The Bertz CT molecular complexity index is 731. The van der Waals surface area contributed by atoms with Gasteiger partial charge >= 0.3 is 18.3 Å². The Hall–Kier alpha value is -1.41. The molecule has 0 radical (unpaired) electrons. The van der Waals surface area contributed by atoms with Gasteiger partial charge < -0.3 is 4.74 Å². The second kappa shape index (κ2) is 7.20. The van der Waals surface area contributed by atoms with Crippen LogP contribution in [0.5, 0.6) is 0 Å². The van der Waals surface area contributed by atoms with E-state index in [4.69, 9.17) is 27.9 Å². The molecular formula is C17H14Cl2F6O2. The third-order valence-corrected chi connectivity index (χ3v) is 4.87. The number of hydrogen-bond donors (Lipinski definition) is 0. The first kappa shape index (κ1) is 21.9. The lowest BCUT2D eigenvalue weighted by Gasteiger charge is -2.18. The molecule has 1 aliphatic rings. The summed E-state index contributed by atoms with van der Waals surface area (Å²) in [6, 6.07) is 1.68. The number of esters is 1. The summed E-state index contributed by atoms with van der Waals surface area (Å²) in [4.78, 5) is 12.2. The number of carbonyl (C=O) groups excluding carboxylic acids is 1. The quantitative estimate of drug-likeness (QED) is 0.407. The van der Waals surface area contributed by atoms with Gasteiger partial charge in [0, 0.05) is 5.56 Å². The van der Waals surface area contributed by atoms with Crippen LogP contribution in [-0.2, 0) is 28.5 Å². The predicted octanol–water partition coefficient (Wildman–Crippen LogP) is 6.36. The minimum atomic E-state index is -5.03. The molecule has 2 atom stereocenters. The van der Waals surface area contributed by atoms with E-state index in [-0.39, 0.29) is 4.49 Å². The number of halogens is 8. The van der Waals surface area contributed by atoms with E-state index in [0.29, 0.717) is 18.2 Å². The van der Waals surface area contributed by atoms with Crippen LogP contribution in [0, 0.1) is 17.3 Å². The maximum Gasteiger partial charge on any atom is 0.416 e. The van der Waals surface area contributed by atoms with Crippen molar-refractivity contribution in [3.8, 4) is 0 Å². The third kappa shape index (κ3) is 4.71. The van der Waals surface area contributed by atoms with Crippen LogP contribution in [0.25, 0.3) is 0 Å². The predicted molar refractivity (Wildman–Crippen MR) is 86.8 cm³/mol. The Morgan fingerprint density at radius 3 is 2.00 bits per heavy atom. The van der Waals surface area contributed by atoms with Gasteiger partial charge in [-0.05, 0) is 29.5 Å². The molecule has 1 aromatic rings. The molecule has 0 unspecified atom stereocenters. The average molecular weight is 435 g/mol. The standard InChI is InChI=1S/C17H14Cl2F6O2/c1-15(2)11(6-12(18)19)13(15)14(26)27-7-8-9(16(20,21)22)4-3-5-10(8)17(23,24)25/h3-6,11,13H,7H2,1-2H3/t11-,13-/m0/s1. The topological polar surface area (TPSA) is 26.3 Å². The van der Waals surface area contributed by atoms with Gasteiger partial charge in [-0.1, -0.05) is 43.1 Å². The van der Waals surface area contributed by atoms with Gasteiger partial charge in [-0.3, -0.25) is 4.79 Å². The van der Waals surface area contributed by atoms with E-state index in [1.807, 2.05) is 0 Å². The molecule has 0 spiro atoms. The number of allylic oxidation sites excluding steroid dienone is 1. The minimum absolute atomic E-state index is 0.0925. The first-order chi connectivity index (χ1) is 12.2. The minimum Gasteiger partial charge on any atom is -0.461 e. The summed E-state index contributed by atoms with van der Waals surface area (Å²) >= 11 is 11.1. The summed E-state index contributed by atoms with van der Waals surface area (Å²) in [6.07, 6.45) is -8.67. The van der Waals surface area contributed by atoms with E-state index in [2.05, 4.69) is 0 Å². The smallest absolute Gasteiger partial charge is 0.416 e. The number of alkyl halides is 6. The van der Waals surface area contributed by atoms with Crippen LogP contribution in [0.2, 0.25) is 0 Å². The van der Waals surface area contributed by atoms with E-state index in [1.54, 1.807) is 13.8 Å². The Morgan fingerprint density at radius 2 is 1.59 bits per heavy atom. The second-order valence-corrected chi connectivity index (χ2v) is 7.72. The molecule has 150 valence electrons. The Kier molecular flexibility index (Phi) is 5.84. The Labute approximate surface area is 161 Å². The molecule has 2 rings (SSSR count). The molecule has 0 amide bonds. The summed E-state index contributed by atoms with van der Waals surface area (Å²) in [5.74, 6) is -2.10. The van der Waals surface area contributed by atoms with Crippen LogP contribution in [-0.4, -0.2) is 5.97 Å². The largest absolute Gasteiger partial charge is 0.461 e. The molecule has 0 saturated heterocycles. The summed E-state index contributed by atoms with van der Waals surface area (Å²) in [5.41, 5.74) is -4.75. The van der Waals surface area contributed by atoms with Crippen molar-refractivity contribution in [2.45, 2.75) is 32.8 Å². The number of carbonyl (C=O) groups is 1. The lowest BCUT2D eigenvalue weighted by molar-refractivity contribution is -0.153. The molecule has 0 heterocycles. The van der Waals surface area contributed by atoms with Crippen molar-refractivity contribution in [3.05, 3.63) is 45.5 Å². The molecule has 0 bridgehead atoms. The summed E-state index contributed by atoms with van der Waals surface area (Å²) in [5, 5.41) is 0. The molecular weight excluding hydrogens is 421 g/mol. The molecule has 1 aliphatic carbocycles. The first-order valence-corrected chi connectivity index (χ1v) is 8.38. The van der Waals surface area contributed by atoms with Gasteiger partial charge in [0.1, 0.15) is 11.1 Å². The van der Waals surface area contributed by atoms with Gasteiger partial charge in [-0.2, -0.15) is 26.3 Å². The number of ether oxygens (including phenoxy) is 1.